The van der Waals surface area contributed by atoms with E-state index in [1.54, 1.807) is 0 Å². The summed E-state index contributed by atoms with van der Waals surface area (Å²) in [4.78, 5) is 0. The van der Waals surface area contributed by atoms with E-state index in [9.17, 15) is 0 Å². The fourth-order valence-corrected chi connectivity index (χ4v) is 0. The fourth-order valence-electron chi connectivity index (χ4n) is 0. The van der Waals surface area contributed by atoms with E-state index in [0.29, 0.717) is 0 Å². The normalized spacial score (nSPS) is 6.00. The first kappa shape index (κ1) is 9.55. The zero-order valence-electron chi connectivity index (χ0n) is 3.36. The molecule has 0 rings (SSSR count). The average Bonchev–Trinajstić information content (AvgIpc) is 1.37. The van der Waals surface area contributed by atoms with Crippen LogP contribution >= 0.6 is 12.6 Å². The van der Waals surface area contributed by atoms with Crippen molar-refractivity contribution in [3.8, 4) is 0 Å². The van der Waals surface area contributed by atoms with Crippen molar-refractivity contribution in [1.82, 2.24) is 0 Å². The maximum Gasteiger partial charge on any atom is 0 e. The number of hydrogen-bond donors (Lipinski definition) is 1. The summed E-state index contributed by atoms with van der Waals surface area (Å²) in [7, 11) is 0. The van der Waals surface area contributed by atoms with Crippen LogP contribution in [-0.4, -0.2) is 33.1 Å². The van der Waals surface area contributed by atoms with Gasteiger partial charge in [0, 0.05) is 27.3 Å². The second-order valence-corrected chi connectivity index (χ2v) is 1.17. The molecular weight excluding hydrogens is 275 g/mol. The van der Waals surface area contributed by atoms with Crippen LogP contribution in [0.2, 0.25) is 0 Å². The molecule has 5 heavy (non-hydrogen) atoms. The maximum atomic E-state index is 3.92. The van der Waals surface area contributed by atoms with Gasteiger partial charge in [-0.15, -0.1) is 0 Å². The summed E-state index contributed by atoms with van der Waals surface area (Å²) in [5.74, 6) is 1.01. The smallest absolute Gasteiger partial charge is 0 e. The van der Waals surface area contributed by atoms with E-state index in [1.807, 2.05) is 0 Å². The van der Waals surface area contributed by atoms with Crippen LogP contribution < -0.4 is 0 Å². The van der Waals surface area contributed by atoms with Gasteiger partial charge in [-0.1, -0.05) is 6.92 Å². The van der Waals surface area contributed by atoms with Crippen molar-refractivity contribution in [3.05, 3.63) is 0 Å². The molecule has 0 saturated carbocycles. The van der Waals surface area contributed by atoms with E-state index in [1.165, 1.54) is 6.42 Å². The number of hydrogen-bond acceptors (Lipinski definition) is 1. The zero-order chi connectivity index (χ0) is 3.41. The molecule has 0 aliphatic heterocycles. The molecule has 0 aromatic rings. The van der Waals surface area contributed by atoms with Crippen LogP contribution in [0, 0.1) is 0 Å². The van der Waals surface area contributed by atoms with Gasteiger partial charge in [0.15, 0.2) is 0 Å². The number of thiol groups is 1. The maximum absolute atomic E-state index is 3.92. The molecule has 0 bridgehead atoms. The van der Waals surface area contributed by atoms with Gasteiger partial charge in [0.2, 0.25) is 0 Å². The molecule has 0 aliphatic rings. The first-order valence-corrected chi connectivity index (χ1v) is 2.16. The van der Waals surface area contributed by atoms with Gasteiger partial charge in [-0.05, 0) is 12.2 Å². The van der Waals surface area contributed by atoms with Gasteiger partial charge in [0.05, 0.1) is 0 Å². The summed E-state index contributed by atoms with van der Waals surface area (Å²) >= 11 is 3.92. The minimum atomic E-state index is 0. The summed E-state index contributed by atoms with van der Waals surface area (Å²) in [6.07, 6.45) is 1.18. The van der Waals surface area contributed by atoms with Crippen molar-refractivity contribution in [2.75, 3.05) is 5.75 Å². The molecule has 0 aromatic carbocycles. The van der Waals surface area contributed by atoms with Gasteiger partial charge in [-0.3, -0.25) is 0 Å². The molecule has 0 saturated heterocycles. The molecule has 2 heteroatoms. The molecule has 0 fully saturated rings. The molecule has 4 radical (unpaired) electrons. The first-order valence-electron chi connectivity index (χ1n) is 1.52. The Hall–Kier alpha value is 1.27. The Morgan fingerprint density at radius 1 is 1.60 bits per heavy atom. The van der Waals surface area contributed by atoms with Crippen LogP contribution in [0.25, 0.3) is 0 Å². The Balaban J connectivity index is 0. The standard InChI is InChI=1S/C3H8S.Pb/c1-2-3-4;/h4H,2-3H2,1H3;. The third-order valence-electron chi connectivity index (χ3n) is 0.224. The molecule has 0 heterocycles. The molecule has 0 amide bonds. The van der Waals surface area contributed by atoms with Crippen molar-refractivity contribution in [2.24, 2.45) is 0 Å². The van der Waals surface area contributed by atoms with Crippen molar-refractivity contribution in [2.45, 2.75) is 13.3 Å². The van der Waals surface area contributed by atoms with Gasteiger partial charge in [-0.25, -0.2) is 0 Å². The van der Waals surface area contributed by atoms with Crippen LogP contribution in [0.4, 0.5) is 0 Å². The summed E-state index contributed by atoms with van der Waals surface area (Å²) < 4.78 is 0. The number of rotatable bonds is 1. The van der Waals surface area contributed by atoms with Crippen molar-refractivity contribution in [1.29, 1.82) is 0 Å². The van der Waals surface area contributed by atoms with E-state index < -0.39 is 0 Å². The van der Waals surface area contributed by atoms with Crippen LogP contribution in [0.15, 0.2) is 0 Å². The molecule has 0 unspecified atom stereocenters. The van der Waals surface area contributed by atoms with Gasteiger partial charge >= 0.3 is 0 Å². The second-order valence-electron chi connectivity index (χ2n) is 0.724. The molecule has 0 atom stereocenters. The predicted molar refractivity (Wildman–Crippen MR) is 29.9 cm³/mol. The Morgan fingerprint density at radius 2 is 1.80 bits per heavy atom. The predicted octanol–water partition coefficient (Wildman–Crippen LogP) is 0.945. The third-order valence-corrected chi connectivity index (χ3v) is 0.671. The Morgan fingerprint density at radius 3 is 1.80 bits per heavy atom. The molecule has 0 aliphatic carbocycles. The minimum Gasteiger partial charge on any atom is -0.179 e. The quantitative estimate of drug-likeness (QED) is 0.537. The molecule has 0 nitrogen and oxygen atoms in total. The molecular formula is C3H8PbS. The molecule has 30 valence electrons. The van der Waals surface area contributed by atoms with E-state index in [0.717, 1.165) is 5.75 Å². The van der Waals surface area contributed by atoms with Crippen LogP contribution in [-0.2, 0) is 0 Å². The average molecular weight is 283 g/mol. The summed E-state index contributed by atoms with van der Waals surface area (Å²) in [6, 6.07) is 0. The van der Waals surface area contributed by atoms with Crippen molar-refractivity contribution < 1.29 is 0 Å². The van der Waals surface area contributed by atoms with Gasteiger partial charge in [0.1, 0.15) is 0 Å². The summed E-state index contributed by atoms with van der Waals surface area (Å²) in [5, 5.41) is 0. The van der Waals surface area contributed by atoms with E-state index in [-0.39, 0.29) is 27.3 Å². The Labute approximate surface area is 58.9 Å². The van der Waals surface area contributed by atoms with Gasteiger partial charge < -0.3 is 0 Å². The van der Waals surface area contributed by atoms with Gasteiger partial charge in [-0.2, -0.15) is 12.6 Å². The van der Waals surface area contributed by atoms with Crippen LogP contribution in [0.5, 0.6) is 0 Å². The minimum absolute atomic E-state index is 0. The first-order chi connectivity index (χ1) is 1.91. The van der Waals surface area contributed by atoms with Crippen molar-refractivity contribution in [3.63, 3.8) is 0 Å². The van der Waals surface area contributed by atoms with Crippen LogP contribution in [0.3, 0.4) is 0 Å². The molecule has 0 N–H and O–H groups in total. The monoisotopic (exact) mass is 284 g/mol. The SMILES string of the molecule is CCCS.[Pb]. The van der Waals surface area contributed by atoms with E-state index >= 15 is 0 Å². The topological polar surface area (TPSA) is 0 Å². The molecule has 0 spiro atoms. The molecule has 0 aromatic heterocycles. The van der Waals surface area contributed by atoms with Gasteiger partial charge in [0.25, 0.3) is 0 Å². The van der Waals surface area contributed by atoms with E-state index in [2.05, 4.69) is 19.6 Å². The third kappa shape index (κ3) is 10.9. The van der Waals surface area contributed by atoms with E-state index in [4.69, 9.17) is 0 Å². The summed E-state index contributed by atoms with van der Waals surface area (Å²) in [5.41, 5.74) is 0. The Bertz CT molecular complexity index is 8.85. The zero-order valence-corrected chi connectivity index (χ0v) is 8.14. The fraction of sp³-hybridized carbons (Fsp3) is 1.00. The van der Waals surface area contributed by atoms with Crippen molar-refractivity contribution >= 4 is 39.9 Å². The largest absolute Gasteiger partial charge is 0.179 e. The van der Waals surface area contributed by atoms with Crippen LogP contribution in [0.1, 0.15) is 13.3 Å². The second kappa shape index (κ2) is 8.99. The Kier molecular flexibility index (Phi) is 17.2. The summed E-state index contributed by atoms with van der Waals surface area (Å²) in [6.45, 7) is 2.10.